The molecule has 4 heteroatoms. The van der Waals surface area contributed by atoms with Crippen LogP contribution in [0, 0.1) is 0 Å². The van der Waals surface area contributed by atoms with E-state index in [9.17, 15) is 4.79 Å². The molecule has 0 unspecified atom stereocenters. The zero-order valence-electron chi connectivity index (χ0n) is 10.4. The highest BCUT2D eigenvalue weighted by Crippen LogP contribution is 2.23. The van der Waals surface area contributed by atoms with Crippen LogP contribution in [0.5, 0.6) is 0 Å². The SMILES string of the molecule is CC1=NNC(=O)C1=Cc1ccc(-c2ccccc2)o1. The van der Waals surface area contributed by atoms with Crippen LogP contribution in [0.15, 0.2) is 57.6 Å². The molecule has 94 valence electrons. The molecule has 0 saturated carbocycles. The molecule has 0 aliphatic carbocycles. The lowest BCUT2D eigenvalue weighted by atomic mass is 10.1. The van der Waals surface area contributed by atoms with Crippen LogP contribution in [0.2, 0.25) is 0 Å². The van der Waals surface area contributed by atoms with Gasteiger partial charge in [-0.2, -0.15) is 5.10 Å². The van der Waals surface area contributed by atoms with E-state index in [2.05, 4.69) is 10.5 Å². The van der Waals surface area contributed by atoms with Crippen molar-refractivity contribution in [3.63, 3.8) is 0 Å². The maximum atomic E-state index is 11.5. The number of carbonyl (C=O) groups excluding carboxylic acids is 1. The highest BCUT2D eigenvalue weighted by molar-refractivity contribution is 6.26. The van der Waals surface area contributed by atoms with E-state index < -0.39 is 0 Å². The van der Waals surface area contributed by atoms with Gasteiger partial charge in [0, 0.05) is 5.56 Å². The topological polar surface area (TPSA) is 54.6 Å². The van der Waals surface area contributed by atoms with Crippen molar-refractivity contribution in [2.24, 2.45) is 5.10 Å². The van der Waals surface area contributed by atoms with Crippen LogP contribution >= 0.6 is 0 Å². The Labute approximate surface area is 110 Å². The first-order valence-electron chi connectivity index (χ1n) is 5.96. The molecule has 2 aromatic rings. The highest BCUT2D eigenvalue weighted by Gasteiger charge is 2.19. The van der Waals surface area contributed by atoms with E-state index in [-0.39, 0.29) is 5.91 Å². The normalized spacial score (nSPS) is 16.6. The Hall–Kier alpha value is -2.62. The number of furan rings is 1. The Morgan fingerprint density at radius 2 is 1.95 bits per heavy atom. The van der Waals surface area contributed by atoms with Gasteiger partial charge >= 0.3 is 0 Å². The first kappa shape index (κ1) is 11.5. The van der Waals surface area contributed by atoms with Gasteiger partial charge in [0.15, 0.2) is 0 Å². The molecule has 1 aromatic carbocycles. The number of nitrogens with zero attached hydrogens (tertiary/aromatic N) is 1. The van der Waals surface area contributed by atoms with Crippen molar-refractivity contribution in [2.45, 2.75) is 6.92 Å². The van der Waals surface area contributed by atoms with Gasteiger partial charge in [0.1, 0.15) is 11.5 Å². The summed E-state index contributed by atoms with van der Waals surface area (Å²) in [6.07, 6.45) is 1.70. The summed E-state index contributed by atoms with van der Waals surface area (Å²) in [5.41, 5.74) is 4.63. The van der Waals surface area contributed by atoms with Crippen LogP contribution in [0.1, 0.15) is 12.7 Å². The summed E-state index contributed by atoms with van der Waals surface area (Å²) >= 11 is 0. The second-order valence-corrected chi connectivity index (χ2v) is 4.26. The van der Waals surface area contributed by atoms with Gasteiger partial charge in [-0.1, -0.05) is 30.3 Å². The number of hydrogen-bond donors (Lipinski definition) is 1. The van der Waals surface area contributed by atoms with Gasteiger partial charge in [-0.05, 0) is 25.1 Å². The monoisotopic (exact) mass is 252 g/mol. The molecule has 0 bridgehead atoms. The molecule has 0 saturated heterocycles. The Kier molecular flexibility index (Phi) is 2.76. The van der Waals surface area contributed by atoms with Crippen molar-refractivity contribution in [3.8, 4) is 11.3 Å². The van der Waals surface area contributed by atoms with Crippen molar-refractivity contribution in [1.29, 1.82) is 0 Å². The van der Waals surface area contributed by atoms with E-state index in [1.165, 1.54) is 0 Å². The van der Waals surface area contributed by atoms with Crippen molar-refractivity contribution in [2.75, 3.05) is 0 Å². The van der Waals surface area contributed by atoms with Gasteiger partial charge in [-0.25, -0.2) is 5.43 Å². The Morgan fingerprint density at radius 3 is 2.63 bits per heavy atom. The molecule has 0 radical (unpaired) electrons. The first-order valence-corrected chi connectivity index (χ1v) is 5.96. The summed E-state index contributed by atoms with van der Waals surface area (Å²) in [4.78, 5) is 11.5. The van der Waals surface area contributed by atoms with E-state index >= 15 is 0 Å². The summed E-state index contributed by atoms with van der Waals surface area (Å²) in [6.45, 7) is 1.78. The largest absolute Gasteiger partial charge is 0.457 e. The van der Waals surface area contributed by atoms with Crippen LogP contribution in [-0.2, 0) is 4.79 Å². The number of amides is 1. The summed E-state index contributed by atoms with van der Waals surface area (Å²) in [7, 11) is 0. The second kappa shape index (κ2) is 4.57. The fraction of sp³-hybridized carbons (Fsp3) is 0.0667. The lowest BCUT2D eigenvalue weighted by molar-refractivity contribution is -0.116. The zero-order chi connectivity index (χ0) is 13.2. The molecule has 1 amide bonds. The second-order valence-electron chi connectivity index (χ2n) is 4.26. The van der Waals surface area contributed by atoms with Crippen molar-refractivity contribution in [3.05, 3.63) is 53.8 Å². The van der Waals surface area contributed by atoms with Gasteiger partial charge in [0.25, 0.3) is 5.91 Å². The Morgan fingerprint density at radius 1 is 1.16 bits per heavy atom. The molecule has 3 rings (SSSR count). The number of hydrazone groups is 1. The molecule has 1 aromatic heterocycles. The Balaban J connectivity index is 1.93. The van der Waals surface area contributed by atoms with Gasteiger partial charge in [0.05, 0.1) is 11.3 Å². The number of carbonyl (C=O) groups is 1. The minimum absolute atomic E-state index is 0.199. The molecule has 0 spiro atoms. The average molecular weight is 252 g/mol. The van der Waals surface area contributed by atoms with Gasteiger partial charge < -0.3 is 4.42 Å². The number of nitrogens with one attached hydrogen (secondary N) is 1. The van der Waals surface area contributed by atoms with Crippen LogP contribution < -0.4 is 5.43 Å². The maximum Gasteiger partial charge on any atom is 0.273 e. The van der Waals surface area contributed by atoms with Crippen LogP contribution in [0.4, 0.5) is 0 Å². The van der Waals surface area contributed by atoms with E-state index in [1.807, 2.05) is 42.5 Å². The zero-order valence-corrected chi connectivity index (χ0v) is 10.4. The first-order chi connectivity index (χ1) is 9.24. The minimum atomic E-state index is -0.199. The van der Waals surface area contributed by atoms with Crippen LogP contribution in [0.3, 0.4) is 0 Å². The third kappa shape index (κ3) is 2.20. The van der Waals surface area contributed by atoms with Crippen LogP contribution in [0.25, 0.3) is 17.4 Å². The molecule has 4 nitrogen and oxygen atoms in total. The summed E-state index contributed by atoms with van der Waals surface area (Å²) in [5, 5.41) is 3.87. The molecule has 0 fully saturated rings. The molecular weight excluding hydrogens is 240 g/mol. The summed E-state index contributed by atoms with van der Waals surface area (Å²) in [6, 6.07) is 13.6. The highest BCUT2D eigenvalue weighted by atomic mass is 16.3. The molecule has 19 heavy (non-hydrogen) atoms. The van der Waals surface area contributed by atoms with Gasteiger partial charge in [-0.3, -0.25) is 4.79 Å². The quantitative estimate of drug-likeness (QED) is 0.835. The average Bonchev–Trinajstić information content (AvgIpc) is 3.02. The van der Waals surface area contributed by atoms with Crippen molar-refractivity contribution >= 4 is 17.7 Å². The summed E-state index contributed by atoms with van der Waals surface area (Å²) < 4.78 is 5.72. The number of benzene rings is 1. The van der Waals surface area contributed by atoms with Gasteiger partial charge in [-0.15, -0.1) is 0 Å². The number of hydrogen-bond acceptors (Lipinski definition) is 3. The third-order valence-electron chi connectivity index (χ3n) is 2.93. The third-order valence-corrected chi connectivity index (χ3v) is 2.93. The number of rotatable bonds is 2. The summed E-state index contributed by atoms with van der Waals surface area (Å²) in [5.74, 6) is 1.22. The smallest absolute Gasteiger partial charge is 0.273 e. The van der Waals surface area contributed by atoms with Crippen molar-refractivity contribution < 1.29 is 9.21 Å². The molecule has 1 aliphatic heterocycles. The van der Waals surface area contributed by atoms with E-state index in [4.69, 9.17) is 4.42 Å². The standard InChI is InChI=1S/C15H12N2O2/c1-10-13(15(18)17-16-10)9-12-7-8-14(19-12)11-5-3-2-4-6-11/h2-9H,1H3,(H,17,18). The fourth-order valence-corrected chi connectivity index (χ4v) is 1.92. The lowest BCUT2D eigenvalue weighted by Crippen LogP contribution is -2.12. The Bertz CT molecular complexity index is 681. The fourth-order valence-electron chi connectivity index (χ4n) is 1.92. The van der Waals surface area contributed by atoms with E-state index in [0.717, 1.165) is 11.3 Å². The minimum Gasteiger partial charge on any atom is -0.457 e. The van der Waals surface area contributed by atoms with Crippen molar-refractivity contribution in [1.82, 2.24) is 5.43 Å². The van der Waals surface area contributed by atoms with Crippen LogP contribution in [-0.4, -0.2) is 11.6 Å². The predicted molar refractivity (Wildman–Crippen MR) is 73.4 cm³/mol. The molecule has 0 atom stereocenters. The van der Waals surface area contributed by atoms with Gasteiger partial charge in [0.2, 0.25) is 0 Å². The lowest BCUT2D eigenvalue weighted by Gasteiger charge is -1.95. The molecule has 2 heterocycles. The van der Waals surface area contributed by atoms with E-state index in [1.54, 1.807) is 13.0 Å². The molecule has 1 aliphatic rings. The predicted octanol–water partition coefficient (Wildman–Crippen LogP) is 2.84. The molecule has 1 N–H and O–H groups in total. The maximum absolute atomic E-state index is 11.5. The van der Waals surface area contributed by atoms with E-state index in [0.29, 0.717) is 17.0 Å². The molecular formula is C15H12N2O2.